The number of nitrogens with zero attached hydrogens (tertiary/aromatic N) is 4. The molecule has 10 nitrogen and oxygen atoms in total. The molecule has 2 aliphatic rings. The molecule has 2 fully saturated rings. The second-order valence-electron chi connectivity index (χ2n) is 15.6. The summed E-state index contributed by atoms with van der Waals surface area (Å²) < 4.78 is 48.4. The second-order valence-corrected chi connectivity index (χ2v) is 21.3. The number of aromatic nitrogens is 2. The highest BCUT2D eigenvalue weighted by Crippen LogP contribution is 2.37. The molecule has 1 aliphatic heterocycles. The molecule has 2 amide bonds. The van der Waals surface area contributed by atoms with Crippen molar-refractivity contribution in [1.29, 1.82) is 5.26 Å². The number of hydrogen-bond donors (Lipinski definition) is 1. The minimum Gasteiger partial charge on any atom is -0.490 e. The first-order chi connectivity index (χ1) is 25.7. The van der Waals surface area contributed by atoms with Crippen LogP contribution in [0.4, 0.5) is 14.5 Å². The average molecular weight is 754 g/mol. The monoisotopic (exact) mass is 753 g/mol. The van der Waals surface area contributed by atoms with Crippen molar-refractivity contribution in [2.24, 2.45) is 0 Å². The zero-order chi connectivity index (χ0) is 38.6. The summed E-state index contributed by atoms with van der Waals surface area (Å²) in [7, 11) is -1.36. The third-order valence-electron chi connectivity index (χ3n) is 10.0. The van der Waals surface area contributed by atoms with E-state index >= 15 is 8.78 Å². The molecule has 13 heteroatoms. The molecule has 1 unspecified atom stereocenters. The van der Waals surface area contributed by atoms with Gasteiger partial charge in [0.05, 0.1) is 18.3 Å². The van der Waals surface area contributed by atoms with Crippen LogP contribution in [0.1, 0.15) is 68.0 Å². The predicted octanol–water partition coefficient (Wildman–Crippen LogP) is 8.31. The van der Waals surface area contributed by atoms with E-state index in [1.165, 1.54) is 24.5 Å². The fourth-order valence-electron chi connectivity index (χ4n) is 6.60. The maximum Gasteiger partial charge on any atom is 0.238 e. The first-order valence-corrected chi connectivity index (χ1v) is 21.9. The van der Waals surface area contributed by atoms with Crippen molar-refractivity contribution in [3.8, 4) is 23.3 Å². The number of anilines is 1. The summed E-state index contributed by atoms with van der Waals surface area (Å²) in [4.78, 5) is 34.5. The molecule has 0 spiro atoms. The van der Waals surface area contributed by atoms with Gasteiger partial charge < -0.3 is 19.5 Å². The van der Waals surface area contributed by atoms with Gasteiger partial charge in [0.2, 0.25) is 17.6 Å². The number of hydrogen-bond acceptors (Lipinski definition) is 9. The Hall–Kier alpha value is -5.19. The van der Waals surface area contributed by atoms with Crippen LogP contribution in [-0.2, 0) is 19.7 Å². The largest absolute Gasteiger partial charge is 0.490 e. The van der Waals surface area contributed by atoms with E-state index in [1.807, 2.05) is 54.6 Å². The fraction of sp³-hybridized carbons (Fsp3) is 0.390. The predicted molar refractivity (Wildman–Crippen MR) is 202 cm³/mol. The molecule has 6 rings (SSSR count). The molecule has 1 saturated heterocycles. The lowest BCUT2D eigenvalue weighted by Crippen LogP contribution is -2.46. The smallest absolute Gasteiger partial charge is 0.238 e. The van der Waals surface area contributed by atoms with Crippen molar-refractivity contribution >= 4 is 25.6 Å². The van der Waals surface area contributed by atoms with Gasteiger partial charge in [-0.3, -0.25) is 14.5 Å². The maximum absolute atomic E-state index is 15.4. The summed E-state index contributed by atoms with van der Waals surface area (Å²) in [6.07, 6.45) is 4.23. The minimum atomic E-state index is -1.36. The van der Waals surface area contributed by atoms with E-state index < -0.39 is 37.4 Å². The van der Waals surface area contributed by atoms with Crippen LogP contribution in [0.15, 0.2) is 73.1 Å². The number of nitriles is 1. The summed E-state index contributed by atoms with van der Waals surface area (Å²) in [6, 6.07) is 20.9. The lowest BCUT2D eigenvalue weighted by Gasteiger charge is -2.37. The van der Waals surface area contributed by atoms with E-state index in [0.717, 1.165) is 27.8 Å². The molecular formula is C41H45F2N5O5Si. The average Bonchev–Trinajstić information content (AvgIpc) is 3.11. The van der Waals surface area contributed by atoms with Crippen molar-refractivity contribution in [2.45, 2.75) is 88.7 Å². The summed E-state index contributed by atoms with van der Waals surface area (Å²) in [5, 5.41) is 12.1. The van der Waals surface area contributed by atoms with Crippen LogP contribution in [0.5, 0.6) is 17.2 Å². The molecule has 1 aliphatic carbocycles. The van der Waals surface area contributed by atoms with E-state index in [0.29, 0.717) is 30.9 Å². The lowest BCUT2D eigenvalue weighted by atomic mass is 9.78. The lowest BCUT2D eigenvalue weighted by molar-refractivity contribution is -0.155. The number of ether oxygens (including phenoxy) is 3. The van der Waals surface area contributed by atoms with Gasteiger partial charge >= 0.3 is 0 Å². The number of benzene rings is 3. The molecule has 0 bridgehead atoms. The van der Waals surface area contributed by atoms with Gasteiger partial charge in [-0.05, 0) is 60.0 Å². The van der Waals surface area contributed by atoms with Crippen LogP contribution in [0.2, 0.25) is 25.7 Å². The normalized spacial score (nSPS) is 18.9. The number of piperidine rings is 1. The fourth-order valence-corrected chi connectivity index (χ4v) is 7.36. The van der Waals surface area contributed by atoms with Crippen LogP contribution >= 0.6 is 0 Å². The van der Waals surface area contributed by atoms with Gasteiger partial charge in [-0.1, -0.05) is 57.8 Å². The molecule has 282 valence electrons. The van der Waals surface area contributed by atoms with Gasteiger partial charge in [0.15, 0.2) is 5.75 Å². The Balaban J connectivity index is 0.991. The first kappa shape index (κ1) is 38.5. The first-order valence-electron chi connectivity index (χ1n) is 18.2. The van der Waals surface area contributed by atoms with E-state index in [-0.39, 0.29) is 54.2 Å². The summed E-state index contributed by atoms with van der Waals surface area (Å²) in [5.74, 6) is -1.86. The second kappa shape index (κ2) is 16.0. The Morgan fingerprint density at radius 1 is 0.926 bits per heavy atom. The Morgan fingerprint density at radius 2 is 1.52 bits per heavy atom. The highest BCUT2D eigenvalue weighted by Gasteiger charge is 2.39. The number of carbonyl (C=O) groups excluding carboxylic acids is 2. The molecule has 3 aromatic carbocycles. The molecule has 54 heavy (non-hydrogen) atoms. The molecule has 1 aromatic heterocycles. The van der Waals surface area contributed by atoms with E-state index in [1.54, 1.807) is 0 Å². The van der Waals surface area contributed by atoms with Crippen molar-refractivity contribution in [3.05, 3.63) is 107 Å². The molecule has 0 radical (unpaired) electrons. The van der Waals surface area contributed by atoms with E-state index in [9.17, 15) is 9.59 Å². The standard InChI is InChI=1S/C41H45F2N5O5Si/c1-41(2,27-8-12-31(13-9-27)53-33-23-45-37(22-44)46-24-33)26-6-10-30(11-7-26)52-32-18-28(19-32)47-29-20-35(42)39(36(43)21-29)34-14-15-38(49)48(40(34)50)25-51-16-17-54(3,4)5/h6-13,20-21,23-24,28,32,34,47H,14-19,25H2,1-5H3. The molecule has 2 heterocycles. The third-order valence-corrected chi connectivity index (χ3v) is 11.7. The van der Waals surface area contributed by atoms with Gasteiger partial charge in [-0.2, -0.15) is 5.26 Å². The Morgan fingerprint density at radius 3 is 2.09 bits per heavy atom. The van der Waals surface area contributed by atoms with Gasteiger partial charge in [0.1, 0.15) is 42.0 Å². The topological polar surface area (TPSA) is 127 Å². The summed E-state index contributed by atoms with van der Waals surface area (Å²) >= 11 is 0. The SMILES string of the molecule is CC(C)(c1ccc(Oc2cnc(C#N)nc2)cc1)c1ccc(OC2CC(Nc3cc(F)c(C4CCC(=O)N(COCC[Si](C)(C)C)C4=O)c(F)c3)C2)cc1. The number of rotatable bonds is 14. The minimum absolute atomic E-state index is 0.0138. The molecule has 4 aromatic rings. The number of nitrogens with one attached hydrogen (secondary N) is 1. The van der Waals surface area contributed by atoms with Crippen molar-refractivity contribution in [1.82, 2.24) is 14.9 Å². The summed E-state index contributed by atoms with van der Waals surface area (Å²) in [5.41, 5.74) is 1.87. The molecule has 1 saturated carbocycles. The Kier molecular flexibility index (Phi) is 11.4. The number of carbonyl (C=O) groups is 2. The van der Waals surface area contributed by atoms with Gasteiger partial charge in [-0.25, -0.2) is 18.7 Å². The third kappa shape index (κ3) is 9.11. The molecular weight excluding hydrogens is 709 g/mol. The molecule has 1 atom stereocenters. The van der Waals surface area contributed by atoms with Crippen molar-refractivity contribution in [3.63, 3.8) is 0 Å². The highest BCUT2D eigenvalue weighted by atomic mass is 28.3. The van der Waals surface area contributed by atoms with Crippen LogP contribution in [-0.4, -0.2) is 60.2 Å². The number of likely N-dealkylation sites (tertiary alicyclic amines) is 1. The van der Waals surface area contributed by atoms with Gasteiger partial charge in [-0.15, -0.1) is 0 Å². The zero-order valence-electron chi connectivity index (χ0n) is 31.2. The Bertz CT molecular complexity index is 1990. The molecule has 1 N–H and O–H groups in total. The van der Waals surface area contributed by atoms with E-state index in [2.05, 4.69) is 48.8 Å². The van der Waals surface area contributed by atoms with Crippen LogP contribution < -0.4 is 14.8 Å². The zero-order valence-corrected chi connectivity index (χ0v) is 32.2. The van der Waals surface area contributed by atoms with Crippen LogP contribution in [0.25, 0.3) is 0 Å². The highest BCUT2D eigenvalue weighted by molar-refractivity contribution is 6.76. The van der Waals surface area contributed by atoms with Crippen molar-refractivity contribution in [2.75, 3.05) is 18.7 Å². The summed E-state index contributed by atoms with van der Waals surface area (Å²) in [6.45, 7) is 11.1. The van der Waals surface area contributed by atoms with E-state index in [4.69, 9.17) is 19.5 Å². The number of amides is 2. The number of halogens is 2. The quantitative estimate of drug-likeness (QED) is 0.0769. The van der Waals surface area contributed by atoms with Gasteiger partial charge in [0, 0.05) is 56.7 Å². The van der Waals surface area contributed by atoms with Crippen molar-refractivity contribution < 1.29 is 32.6 Å². The maximum atomic E-state index is 15.4. The Labute approximate surface area is 315 Å². The van der Waals surface area contributed by atoms with Gasteiger partial charge in [0.25, 0.3) is 0 Å². The number of imide groups is 1. The van der Waals surface area contributed by atoms with Crippen LogP contribution in [0.3, 0.4) is 0 Å². The van der Waals surface area contributed by atoms with Crippen LogP contribution in [0, 0.1) is 23.0 Å².